The standard InChI is InChI=1S/C18H23N3O2S/c22-24(23,16-9-5-2-6-10-16)18-12-11-17(20-21-18)19-14-13-15-7-3-1-4-8-15/h1,3-4,7-8,11-12,16H,2,5-6,9-10,13-14H2,(H,19,20). The number of anilines is 1. The van der Waals surface area contributed by atoms with Gasteiger partial charge in [-0.2, -0.15) is 0 Å². The van der Waals surface area contributed by atoms with Crippen LogP contribution in [0.2, 0.25) is 0 Å². The first-order chi connectivity index (χ1) is 11.7. The van der Waals surface area contributed by atoms with Crippen molar-refractivity contribution < 1.29 is 8.42 Å². The second-order valence-corrected chi connectivity index (χ2v) is 8.40. The second-order valence-electron chi connectivity index (χ2n) is 6.22. The minimum Gasteiger partial charge on any atom is -0.368 e. The molecule has 0 spiro atoms. The molecule has 0 aliphatic heterocycles. The van der Waals surface area contributed by atoms with E-state index in [9.17, 15) is 8.42 Å². The molecule has 3 rings (SSSR count). The summed E-state index contributed by atoms with van der Waals surface area (Å²) in [6.45, 7) is 0.730. The lowest BCUT2D eigenvalue weighted by atomic mass is 10.0. The number of hydrogen-bond donors (Lipinski definition) is 1. The van der Waals surface area contributed by atoms with Crippen molar-refractivity contribution in [2.45, 2.75) is 48.8 Å². The first-order valence-electron chi connectivity index (χ1n) is 8.52. The quantitative estimate of drug-likeness (QED) is 0.870. The van der Waals surface area contributed by atoms with E-state index in [1.54, 1.807) is 12.1 Å². The molecule has 0 amide bonds. The van der Waals surface area contributed by atoms with Gasteiger partial charge in [0.15, 0.2) is 14.9 Å². The third-order valence-corrected chi connectivity index (χ3v) is 6.64. The van der Waals surface area contributed by atoms with Gasteiger partial charge < -0.3 is 5.32 Å². The molecule has 0 bridgehead atoms. The summed E-state index contributed by atoms with van der Waals surface area (Å²) in [5, 5.41) is 11.0. The molecular weight excluding hydrogens is 322 g/mol. The zero-order valence-electron chi connectivity index (χ0n) is 13.7. The fraction of sp³-hybridized carbons (Fsp3) is 0.444. The van der Waals surface area contributed by atoms with Gasteiger partial charge in [0.2, 0.25) is 0 Å². The zero-order chi connectivity index (χ0) is 16.8. The molecule has 0 radical (unpaired) electrons. The van der Waals surface area contributed by atoms with E-state index in [1.165, 1.54) is 5.56 Å². The highest BCUT2D eigenvalue weighted by Gasteiger charge is 2.30. The van der Waals surface area contributed by atoms with E-state index in [1.807, 2.05) is 18.2 Å². The Morgan fingerprint density at radius 3 is 2.38 bits per heavy atom. The van der Waals surface area contributed by atoms with Gasteiger partial charge in [-0.25, -0.2) is 8.42 Å². The topological polar surface area (TPSA) is 72.0 Å². The number of aromatic nitrogens is 2. The molecule has 5 nitrogen and oxygen atoms in total. The molecule has 1 aromatic carbocycles. The smallest absolute Gasteiger partial charge is 0.200 e. The average molecular weight is 345 g/mol. The van der Waals surface area contributed by atoms with E-state index >= 15 is 0 Å². The average Bonchev–Trinajstić information content (AvgIpc) is 2.64. The Morgan fingerprint density at radius 2 is 1.71 bits per heavy atom. The molecule has 0 unspecified atom stereocenters. The van der Waals surface area contributed by atoms with Crippen LogP contribution < -0.4 is 5.32 Å². The fourth-order valence-corrected chi connectivity index (χ4v) is 4.80. The summed E-state index contributed by atoms with van der Waals surface area (Å²) in [5.41, 5.74) is 1.24. The van der Waals surface area contributed by atoms with E-state index in [4.69, 9.17) is 0 Å². The predicted molar refractivity (Wildman–Crippen MR) is 94.7 cm³/mol. The monoisotopic (exact) mass is 345 g/mol. The summed E-state index contributed by atoms with van der Waals surface area (Å²) < 4.78 is 25.1. The van der Waals surface area contributed by atoms with Crippen LogP contribution in [0.1, 0.15) is 37.7 Å². The number of nitrogens with zero attached hydrogens (tertiary/aromatic N) is 2. The lowest BCUT2D eigenvalue weighted by molar-refractivity contribution is 0.481. The minimum atomic E-state index is -3.34. The lowest BCUT2D eigenvalue weighted by Crippen LogP contribution is -2.25. The molecule has 128 valence electrons. The van der Waals surface area contributed by atoms with Gasteiger partial charge in [0.25, 0.3) is 0 Å². The maximum Gasteiger partial charge on any atom is 0.200 e. The first-order valence-corrected chi connectivity index (χ1v) is 10.1. The summed E-state index contributed by atoms with van der Waals surface area (Å²) >= 11 is 0. The van der Waals surface area contributed by atoms with E-state index in [2.05, 4.69) is 27.6 Å². The Balaban J connectivity index is 1.58. The molecule has 0 atom stereocenters. The van der Waals surface area contributed by atoms with Crippen molar-refractivity contribution in [1.82, 2.24) is 10.2 Å². The Morgan fingerprint density at radius 1 is 0.958 bits per heavy atom. The second kappa shape index (κ2) is 7.75. The van der Waals surface area contributed by atoms with Crippen molar-refractivity contribution >= 4 is 15.7 Å². The molecule has 1 fully saturated rings. The van der Waals surface area contributed by atoms with Crippen LogP contribution in [0.4, 0.5) is 5.82 Å². The number of rotatable bonds is 6. The zero-order valence-corrected chi connectivity index (χ0v) is 14.5. The molecule has 1 N–H and O–H groups in total. The summed E-state index contributed by atoms with van der Waals surface area (Å²) in [6, 6.07) is 13.4. The molecule has 6 heteroatoms. The van der Waals surface area contributed by atoms with Crippen molar-refractivity contribution in [2.75, 3.05) is 11.9 Å². The number of hydrogen-bond acceptors (Lipinski definition) is 5. The maximum atomic E-state index is 12.6. The first kappa shape index (κ1) is 16.9. The Kier molecular flexibility index (Phi) is 5.45. The Labute approximate surface area is 143 Å². The van der Waals surface area contributed by atoms with E-state index < -0.39 is 9.84 Å². The predicted octanol–water partition coefficient (Wildman–Crippen LogP) is 3.24. The van der Waals surface area contributed by atoms with Gasteiger partial charge in [0.05, 0.1) is 5.25 Å². The molecular formula is C18H23N3O2S. The highest BCUT2D eigenvalue weighted by molar-refractivity contribution is 7.92. The van der Waals surface area contributed by atoms with Crippen LogP contribution in [0.15, 0.2) is 47.5 Å². The van der Waals surface area contributed by atoms with Crippen LogP contribution in [-0.4, -0.2) is 30.4 Å². The molecule has 1 aliphatic rings. The van der Waals surface area contributed by atoms with Crippen LogP contribution >= 0.6 is 0 Å². The van der Waals surface area contributed by atoms with Gasteiger partial charge in [-0.15, -0.1) is 10.2 Å². The van der Waals surface area contributed by atoms with Crippen molar-refractivity contribution in [3.8, 4) is 0 Å². The summed E-state index contributed by atoms with van der Waals surface area (Å²) in [7, 11) is -3.34. The SMILES string of the molecule is O=S(=O)(c1ccc(NCCc2ccccc2)nn1)C1CCCCC1. The number of sulfone groups is 1. The summed E-state index contributed by atoms with van der Waals surface area (Å²) in [4.78, 5) is 0. The third kappa shape index (κ3) is 4.12. The molecule has 24 heavy (non-hydrogen) atoms. The molecule has 1 saturated carbocycles. The lowest BCUT2D eigenvalue weighted by Gasteiger charge is -2.20. The van der Waals surface area contributed by atoms with Gasteiger partial charge in [-0.05, 0) is 37.0 Å². The number of benzene rings is 1. The Hall–Kier alpha value is -1.95. The maximum absolute atomic E-state index is 12.6. The highest BCUT2D eigenvalue weighted by Crippen LogP contribution is 2.27. The van der Waals surface area contributed by atoms with Gasteiger partial charge in [0, 0.05) is 6.54 Å². The largest absolute Gasteiger partial charge is 0.368 e. The van der Waals surface area contributed by atoms with Crippen molar-refractivity contribution in [3.63, 3.8) is 0 Å². The van der Waals surface area contributed by atoms with Gasteiger partial charge in [-0.1, -0.05) is 49.6 Å². The van der Waals surface area contributed by atoms with Crippen molar-refractivity contribution in [3.05, 3.63) is 48.0 Å². The summed E-state index contributed by atoms with van der Waals surface area (Å²) in [5.74, 6) is 0.605. The van der Waals surface area contributed by atoms with E-state index in [0.717, 1.165) is 45.1 Å². The van der Waals surface area contributed by atoms with Gasteiger partial charge in [-0.3, -0.25) is 0 Å². The third-order valence-electron chi connectivity index (χ3n) is 4.49. The van der Waals surface area contributed by atoms with Crippen LogP contribution in [-0.2, 0) is 16.3 Å². The van der Waals surface area contributed by atoms with Crippen LogP contribution in [0, 0.1) is 0 Å². The summed E-state index contributed by atoms with van der Waals surface area (Å²) in [6.07, 6.45) is 5.45. The highest BCUT2D eigenvalue weighted by atomic mass is 32.2. The van der Waals surface area contributed by atoms with Crippen molar-refractivity contribution in [1.29, 1.82) is 0 Å². The van der Waals surface area contributed by atoms with E-state index in [-0.39, 0.29) is 10.3 Å². The van der Waals surface area contributed by atoms with Gasteiger partial charge in [0.1, 0.15) is 5.82 Å². The van der Waals surface area contributed by atoms with Crippen LogP contribution in [0.5, 0.6) is 0 Å². The fourth-order valence-electron chi connectivity index (χ4n) is 3.09. The Bertz CT molecular complexity index is 740. The molecule has 0 saturated heterocycles. The van der Waals surface area contributed by atoms with Crippen molar-refractivity contribution in [2.24, 2.45) is 0 Å². The van der Waals surface area contributed by atoms with E-state index in [0.29, 0.717) is 5.82 Å². The molecule has 2 aromatic rings. The molecule has 1 aliphatic carbocycles. The normalized spacial score (nSPS) is 16.0. The molecule has 1 heterocycles. The van der Waals surface area contributed by atoms with Gasteiger partial charge >= 0.3 is 0 Å². The number of nitrogens with one attached hydrogen (secondary N) is 1. The van der Waals surface area contributed by atoms with Crippen LogP contribution in [0.25, 0.3) is 0 Å². The molecule has 1 aromatic heterocycles. The minimum absolute atomic E-state index is 0.100. The van der Waals surface area contributed by atoms with Crippen LogP contribution in [0.3, 0.4) is 0 Å².